The van der Waals surface area contributed by atoms with Crippen LogP contribution >= 0.6 is 0 Å². The molecule has 0 aromatic heterocycles. The summed E-state index contributed by atoms with van der Waals surface area (Å²) in [7, 11) is 0. The second-order valence-electron chi connectivity index (χ2n) is 19.5. The molecule has 0 heterocycles. The first kappa shape index (κ1) is 69.5. The van der Waals surface area contributed by atoms with E-state index in [1.165, 1.54) is 83.5 Å². The summed E-state index contributed by atoms with van der Waals surface area (Å²) in [5.74, 6) is -0.979. The molecule has 0 saturated heterocycles. The van der Waals surface area contributed by atoms with Crippen molar-refractivity contribution in [2.75, 3.05) is 13.2 Å². The van der Waals surface area contributed by atoms with Gasteiger partial charge in [0.1, 0.15) is 13.2 Å². The van der Waals surface area contributed by atoms with Crippen LogP contribution in [0.2, 0.25) is 0 Å². The summed E-state index contributed by atoms with van der Waals surface area (Å²) in [6.07, 6.45) is 85.8. The molecule has 6 heteroatoms. The van der Waals surface area contributed by atoms with Gasteiger partial charge in [-0.2, -0.15) is 0 Å². The van der Waals surface area contributed by atoms with E-state index in [-0.39, 0.29) is 37.5 Å². The van der Waals surface area contributed by atoms with Crippen LogP contribution < -0.4 is 0 Å². The molecule has 0 aliphatic heterocycles. The molecule has 0 aliphatic carbocycles. The molecule has 0 N–H and O–H groups in total. The van der Waals surface area contributed by atoms with Crippen molar-refractivity contribution in [1.29, 1.82) is 0 Å². The van der Waals surface area contributed by atoms with Crippen LogP contribution in [0.4, 0.5) is 0 Å². The molecule has 0 fully saturated rings. The summed E-state index contributed by atoms with van der Waals surface area (Å²) in [6.45, 7) is 6.35. The average molecular weight is 1020 g/mol. The fraction of sp³-hybridized carbons (Fsp3) is 0.632. The smallest absolute Gasteiger partial charge is 0.306 e. The van der Waals surface area contributed by atoms with Gasteiger partial charge < -0.3 is 14.2 Å². The second kappa shape index (κ2) is 61.1. The van der Waals surface area contributed by atoms with Crippen molar-refractivity contribution in [3.63, 3.8) is 0 Å². The lowest BCUT2D eigenvalue weighted by Gasteiger charge is -2.18. The predicted octanol–water partition coefficient (Wildman–Crippen LogP) is 20.6. The Morgan fingerprint density at radius 2 is 0.527 bits per heavy atom. The zero-order valence-corrected chi connectivity index (χ0v) is 47.8. The molecule has 0 aliphatic rings. The van der Waals surface area contributed by atoms with Gasteiger partial charge >= 0.3 is 17.9 Å². The Kier molecular flexibility index (Phi) is 57.4. The van der Waals surface area contributed by atoms with Crippen LogP contribution in [-0.4, -0.2) is 37.2 Å². The summed E-state index contributed by atoms with van der Waals surface area (Å²) < 4.78 is 16.8. The fourth-order valence-electron chi connectivity index (χ4n) is 7.90. The van der Waals surface area contributed by atoms with E-state index in [1.54, 1.807) is 0 Å². The quantitative estimate of drug-likeness (QED) is 0.0261. The van der Waals surface area contributed by atoms with Crippen LogP contribution in [-0.2, 0) is 28.6 Å². The Morgan fingerprint density at radius 1 is 0.284 bits per heavy atom. The zero-order chi connectivity index (χ0) is 53.6. The van der Waals surface area contributed by atoms with Gasteiger partial charge in [-0.15, -0.1) is 0 Å². The van der Waals surface area contributed by atoms with Crippen LogP contribution in [0.25, 0.3) is 0 Å². The van der Waals surface area contributed by atoms with Crippen molar-refractivity contribution < 1.29 is 28.6 Å². The van der Waals surface area contributed by atoms with Crippen molar-refractivity contribution >= 4 is 17.9 Å². The van der Waals surface area contributed by atoms with E-state index in [2.05, 4.69) is 154 Å². The third-order valence-corrected chi connectivity index (χ3v) is 12.4. The van der Waals surface area contributed by atoms with Gasteiger partial charge in [-0.1, -0.05) is 238 Å². The molecule has 1 unspecified atom stereocenters. The van der Waals surface area contributed by atoms with Gasteiger partial charge in [-0.05, 0) is 135 Å². The van der Waals surface area contributed by atoms with Gasteiger partial charge in [0.2, 0.25) is 0 Å². The third kappa shape index (κ3) is 58.4. The standard InChI is InChI=1S/C68H110O6/c1-4-7-10-13-16-19-22-25-28-31-34-37-40-43-46-49-52-55-58-61-67(70)73-64-65(63-72-66(69)60-57-54-51-48-45-42-39-36-33-30-27-24-21-18-15-12-9-6-3)74-68(71)62-59-56-53-50-47-44-41-38-35-32-29-26-23-20-17-14-11-8-5-2/h7-8,10-11,16-17,19-20,25-26,28-30,33-35,37-38,43-44,46-47,65H,4-6,9,12-15,18,21-24,27,31-32,36,39-42,45,48-64H2,1-3H3/b10-7-,11-8-,19-16-,20-17-,28-25-,29-26-,33-30-,37-34-,38-35-,46-43-,47-44-. The van der Waals surface area contributed by atoms with E-state index in [0.717, 1.165) is 128 Å². The minimum atomic E-state index is -0.817. The van der Waals surface area contributed by atoms with Crippen molar-refractivity contribution in [3.8, 4) is 0 Å². The molecule has 0 radical (unpaired) electrons. The van der Waals surface area contributed by atoms with E-state index in [4.69, 9.17) is 14.2 Å². The third-order valence-electron chi connectivity index (χ3n) is 12.4. The molecular weight excluding hydrogens is 913 g/mol. The van der Waals surface area contributed by atoms with Gasteiger partial charge in [-0.3, -0.25) is 14.4 Å². The minimum absolute atomic E-state index is 0.108. The Hall–Kier alpha value is -4.45. The molecule has 0 bridgehead atoms. The first-order valence-corrected chi connectivity index (χ1v) is 30.2. The lowest BCUT2D eigenvalue weighted by Crippen LogP contribution is -2.30. The highest BCUT2D eigenvalue weighted by Gasteiger charge is 2.19. The molecule has 74 heavy (non-hydrogen) atoms. The van der Waals surface area contributed by atoms with Gasteiger partial charge in [0.25, 0.3) is 0 Å². The molecule has 0 saturated carbocycles. The lowest BCUT2D eigenvalue weighted by molar-refractivity contribution is -0.167. The molecule has 418 valence electrons. The number of allylic oxidation sites excluding steroid dienone is 22. The van der Waals surface area contributed by atoms with E-state index in [9.17, 15) is 14.4 Å². The van der Waals surface area contributed by atoms with Crippen LogP contribution in [0.1, 0.15) is 258 Å². The van der Waals surface area contributed by atoms with Crippen molar-refractivity contribution in [1.82, 2.24) is 0 Å². The van der Waals surface area contributed by atoms with Crippen molar-refractivity contribution in [2.24, 2.45) is 0 Å². The van der Waals surface area contributed by atoms with E-state index in [1.807, 2.05) is 0 Å². The molecular formula is C68H110O6. The summed E-state index contributed by atoms with van der Waals surface area (Å²) in [5.41, 5.74) is 0. The summed E-state index contributed by atoms with van der Waals surface area (Å²) in [5, 5.41) is 0. The van der Waals surface area contributed by atoms with E-state index < -0.39 is 6.10 Å². The maximum Gasteiger partial charge on any atom is 0.306 e. The first-order chi connectivity index (χ1) is 36.5. The van der Waals surface area contributed by atoms with Crippen LogP contribution in [0.3, 0.4) is 0 Å². The monoisotopic (exact) mass is 1020 g/mol. The highest BCUT2D eigenvalue weighted by Crippen LogP contribution is 2.14. The zero-order valence-electron chi connectivity index (χ0n) is 47.8. The molecule has 0 aromatic carbocycles. The van der Waals surface area contributed by atoms with Gasteiger partial charge in [0, 0.05) is 19.3 Å². The predicted molar refractivity (Wildman–Crippen MR) is 320 cm³/mol. The lowest BCUT2D eigenvalue weighted by atomic mass is 10.1. The number of unbranched alkanes of at least 4 members (excludes halogenated alkanes) is 20. The van der Waals surface area contributed by atoms with Crippen molar-refractivity contribution in [3.05, 3.63) is 134 Å². The first-order valence-electron chi connectivity index (χ1n) is 30.2. The highest BCUT2D eigenvalue weighted by atomic mass is 16.6. The number of esters is 3. The Labute approximate surface area is 455 Å². The number of ether oxygens (including phenoxy) is 3. The van der Waals surface area contributed by atoms with Crippen LogP contribution in [0.15, 0.2) is 134 Å². The molecule has 1 atom stereocenters. The number of hydrogen-bond donors (Lipinski definition) is 0. The summed E-state index contributed by atoms with van der Waals surface area (Å²) in [6, 6.07) is 0. The number of rotatable bonds is 53. The molecule has 0 rings (SSSR count). The maximum atomic E-state index is 12.9. The fourth-order valence-corrected chi connectivity index (χ4v) is 7.90. The highest BCUT2D eigenvalue weighted by molar-refractivity contribution is 5.71. The minimum Gasteiger partial charge on any atom is -0.462 e. The van der Waals surface area contributed by atoms with Crippen molar-refractivity contribution in [2.45, 2.75) is 264 Å². The Bertz CT molecular complexity index is 1600. The van der Waals surface area contributed by atoms with E-state index in [0.29, 0.717) is 19.3 Å². The molecule has 0 spiro atoms. The summed E-state index contributed by atoms with van der Waals surface area (Å²) >= 11 is 0. The molecule has 0 amide bonds. The second-order valence-corrected chi connectivity index (χ2v) is 19.5. The largest absolute Gasteiger partial charge is 0.462 e. The Balaban J connectivity index is 4.54. The molecule has 6 nitrogen and oxygen atoms in total. The van der Waals surface area contributed by atoms with E-state index >= 15 is 0 Å². The molecule has 0 aromatic rings. The topological polar surface area (TPSA) is 78.9 Å². The normalized spacial score (nSPS) is 13.1. The number of hydrogen-bond acceptors (Lipinski definition) is 6. The maximum absolute atomic E-state index is 12.9. The van der Waals surface area contributed by atoms with Gasteiger partial charge in [0.05, 0.1) is 0 Å². The van der Waals surface area contributed by atoms with Gasteiger partial charge in [-0.25, -0.2) is 0 Å². The van der Waals surface area contributed by atoms with Gasteiger partial charge in [0.15, 0.2) is 6.10 Å². The Morgan fingerprint density at radius 3 is 0.851 bits per heavy atom. The summed E-state index contributed by atoms with van der Waals surface area (Å²) in [4.78, 5) is 38.3. The SMILES string of the molecule is CC/C=C\C/C=C\C/C=C\C/C=C\C/C=C\CCCCCC(=O)OCC(COC(=O)CCCCCCCCC/C=C\CCCCCCCCC)OC(=O)CCCCC/C=C\C/C=C\C/C=C\C/C=C\C/C=C\CC. The van der Waals surface area contributed by atoms with Crippen LogP contribution in [0, 0.1) is 0 Å². The average Bonchev–Trinajstić information content (AvgIpc) is 3.40. The number of carbonyl (C=O) groups is 3. The van der Waals surface area contributed by atoms with Crippen LogP contribution in [0.5, 0.6) is 0 Å². The number of carbonyl (C=O) groups excluding carboxylic acids is 3.